The Morgan fingerprint density at radius 2 is 2.08 bits per heavy atom. The van der Waals surface area contributed by atoms with Gasteiger partial charge in [0.1, 0.15) is 5.75 Å². The van der Waals surface area contributed by atoms with Gasteiger partial charge in [-0.25, -0.2) is 0 Å². The van der Waals surface area contributed by atoms with Crippen LogP contribution in [-0.2, 0) is 0 Å². The second-order valence-corrected chi connectivity index (χ2v) is 5.91. The van der Waals surface area contributed by atoms with E-state index in [-0.39, 0.29) is 11.8 Å². The zero-order chi connectivity index (χ0) is 16.9. The second kappa shape index (κ2) is 7.14. The van der Waals surface area contributed by atoms with E-state index >= 15 is 0 Å². The summed E-state index contributed by atoms with van der Waals surface area (Å²) in [5.41, 5.74) is 2.57. The highest BCUT2D eigenvalue weighted by molar-refractivity contribution is 5.94. The maximum Gasteiger partial charge on any atom is 0.253 e. The van der Waals surface area contributed by atoms with Gasteiger partial charge in [-0.3, -0.25) is 9.78 Å². The zero-order valence-electron chi connectivity index (χ0n) is 13.6. The van der Waals surface area contributed by atoms with Crippen LogP contribution in [0, 0.1) is 17.2 Å². The average molecular weight is 321 g/mol. The number of piperidine rings is 1. The minimum atomic E-state index is -0.0511. The van der Waals surface area contributed by atoms with Gasteiger partial charge in [0.25, 0.3) is 5.91 Å². The number of likely N-dealkylation sites (tertiary alicyclic amines) is 1. The number of aromatic nitrogens is 1. The largest absolute Gasteiger partial charge is 0.495 e. The van der Waals surface area contributed by atoms with Crippen molar-refractivity contribution in [2.75, 3.05) is 20.2 Å². The van der Waals surface area contributed by atoms with E-state index in [2.05, 4.69) is 11.1 Å². The van der Waals surface area contributed by atoms with E-state index in [9.17, 15) is 4.79 Å². The Morgan fingerprint density at radius 3 is 2.79 bits per heavy atom. The number of pyridine rings is 1. The van der Waals surface area contributed by atoms with Crippen molar-refractivity contribution in [2.24, 2.45) is 5.92 Å². The molecule has 1 atom stereocenters. The van der Waals surface area contributed by atoms with Crippen LogP contribution in [0.3, 0.4) is 0 Å². The van der Waals surface area contributed by atoms with Crippen LogP contribution in [0.1, 0.15) is 23.2 Å². The molecule has 0 spiro atoms. The first-order valence-electron chi connectivity index (χ1n) is 7.99. The van der Waals surface area contributed by atoms with Gasteiger partial charge in [0.05, 0.1) is 25.3 Å². The molecule has 1 amide bonds. The molecule has 0 aliphatic carbocycles. The topological polar surface area (TPSA) is 66.2 Å². The van der Waals surface area contributed by atoms with Crippen LogP contribution in [0.2, 0.25) is 0 Å². The highest BCUT2D eigenvalue weighted by Gasteiger charge is 2.24. The number of nitrogens with zero attached hydrogens (tertiary/aromatic N) is 3. The number of ether oxygens (including phenoxy) is 1. The van der Waals surface area contributed by atoms with E-state index in [4.69, 9.17) is 10.00 Å². The summed E-state index contributed by atoms with van der Waals surface area (Å²) >= 11 is 0. The minimum Gasteiger partial charge on any atom is -0.495 e. The van der Waals surface area contributed by atoms with Crippen LogP contribution in [0.25, 0.3) is 11.1 Å². The molecule has 5 heteroatoms. The van der Waals surface area contributed by atoms with Crippen molar-refractivity contribution < 1.29 is 9.53 Å². The van der Waals surface area contributed by atoms with E-state index in [0.717, 1.165) is 30.5 Å². The molecule has 1 aromatic carbocycles. The maximum absolute atomic E-state index is 12.6. The molecule has 1 aliphatic heterocycles. The summed E-state index contributed by atoms with van der Waals surface area (Å²) in [6.45, 7) is 1.25. The Hall–Kier alpha value is -2.87. The molecule has 122 valence electrons. The number of nitriles is 1. The number of hydrogen-bond acceptors (Lipinski definition) is 4. The Morgan fingerprint density at radius 1 is 1.29 bits per heavy atom. The van der Waals surface area contributed by atoms with Gasteiger partial charge in [0.15, 0.2) is 0 Å². The smallest absolute Gasteiger partial charge is 0.253 e. The average Bonchev–Trinajstić information content (AvgIpc) is 2.67. The molecule has 0 unspecified atom stereocenters. The Kier molecular flexibility index (Phi) is 4.76. The summed E-state index contributed by atoms with van der Waals surface area (Å²) in [7, 11) is 1.61. The SMILES string of the molecule is COc1cncc(-c2ccc(C(=O)N3CCC[C@H](C#N)C3)cc2)c1. The van der Waals surface area contributed by atoms with E-state index in [0.29, 0.717) is 17.9 Å². The number of hydrogen-bond donors (Lipinski definition) is 0. The first-order valence-corrected chi connectivity index (χ1v) is 7.99. The van der Waals surface area contributed by atoms with Crippen LogP contribution >= 0.6 is 0 Å². The van der Waals surface area contributed by atoms with Gasteiger partial charge < -0.3 is 9.64 Å². The predicted octanol–water partition coefficient (Wildman–Crippen LogP) is 3.13. The lowest BCUT2D eigenvalue weighted by molar-refractivity contribution is 0.0699. The minimum absolute atomic E-state index is 0.00901. The zero-order valence-corrected chi connectivity index (χ0v) is 13.6. The van der Waals surface area contributed by atoms with Crippen LogP contribution in [0.5, 0.6) is 5.75 Å². The maximum atomic E-state index is 12.6. The molecule has 0 N–H and O–H groups in total. The van der Waals surface area contributed by atoms with Gasteiger partial charge in [0.2, 0.25) is 0 Å². The molecular weight excluding hydrogens is 302 g/mol. The molecule has 5 nitrogen and oxygen atoms in total. The van der Waals surface area contributed by atoms with Gasteiger partial charge in [-0.2, -0.15) is 5.26 Å². The van der Waals surface area contributed by atoms with E-state index < -0.39 is 0 Å². The monoisotopic (exact) mass is 321 g/mol. The van der Waals surface area contributed by atoms with Gasteiger partial charge in [-0.15, -0.1) is 0 Å². The van der Waals surface area contributed by atoms with E-state index in [1.54, 1.807) is 24.4 Å². The normalized spacial score (nSPS) is 17.2. The molecule has 1 aromatic heterocycles. The third kappa shape index (κ3) is 3.38. The molecule has 0 radical (unpaired) electrons. The summed E-state index contributed by atoms with van der Waals surface area (Å²) in [6, 6.07) is 11.7. The van der Waals surface area contributed by atoms with Crippen LogP contribution in [-0.4, -0.2) is 36.0 Å². The van der Waals surface area contributed by atoms with Crippen molar-refractivity contribution in [1.82, 2.24) is 9.88 Å². The molecule has 2 aromatic rings. The molecule has 3 rings (SSSR count). The highest BCUT2D eigenvalue weighted by Crippen LogP contribution is 2.24. The molecular formula is C19H19N3O2. The van der Waals surface area contributed by atoms with E-state index in [1.807, 2.05) is 30.3 Å². The van der Waals surface area contributed by atoms with Gasteiger partial charge >= 0.3 is 0 Å². The van der Waals surface area contributed by atoms with Crippen molar-refractivity contribution >= 4 is 5.91 Å². The number of amides is 1. The van der Waals surface area contributed by atoms with E-state index in [1.165, 1.54) is 0 Å². The molecule has 1 saturated heterocycles. The summed E-state index contributed by atoms with van der Waals surface area (Å²) in [4.78, 5) is 18.5. The lowest BCUT2D eigenvalue weighted by Crippen LogP contribution is -2.39. The molecule has 2 heterocycles. The third-order valence-corrected chi connectivity index (χ3v) is 4.31. The lowest BCUT2D eigenvalue weighted by Gasteiger charge is -2.29. The fourth-order valence-corrected chi connectivity index (χ4v) is 2.94. The number of rotatable bonds is 3. The van der Waals surface area contributed by atoms with Crippen molar-refractivity contribution in [3.63, 3.8) is 0 Å². The second-order valence-electron chi connectivity index (χ2n) is 5.91. The molecule has 24 heavy (non-hydrogen) atoms. The number of carbonyl (C=O) groups is 1. The van der Waals surface area contributed by atoms with Crippen LogP contribution in [0.15, 0.2) is 42.7 Å². The predicted molar refractivity (Wildman–Crippen MR) is 90.5 cm³/mol. The van der Waals surface area contributed by atoms with Gasteiger partial charge in [0, 0.05) is 30.4 Å². The molecule has 0 saturated carbocycles. The van der Waals surface area contributed by atoms with Crippen molar-refractivity contribution in [2.45, 2.75) is 12.8 Å². The summed E-state index contributed by atoms with van der Waals surface area (Å²) in [5.74, 6) is 0.638. The quantitative estimate of drug-likeness (QED) is 0.871. The first kappa shape index (κ1) is 16.0. The van der Waals surface area contributed by atoms with Crippen molar-refractivity contribution in [3.8, 4) is 22.9 Å². The van der Waals surface area contributed by atoms with Crippen LogP contribution < -0.4 is 4.74 Å². The summed E-state index contributed by atoms with van der Waals surface area (Å²) in [5, 5.41) is 9.06. The highest BCUT2D eigenvalue weighted by atomic mass is 16.5. The Labute approximate surface area is 141 Å². The van der Waals surface area contributed by atoms with Crippen LogP contribution in [0.4, 0.5) is 0 Å². The summed E-state index contributed by atoms with van der Waals surface area (Å²) < 4.78 is 5.19. The number of methoxy groups -OCH3 is 1. The Bertz CT molecular complexity index is 765. The molecule has 1 aliphatic rings. The Balaban J connectivity index is 1.76. The summed E-state index contributed by atoms with van der Waals surface area (Å²) in [6.07, 6.45) is 5.18. The standard InChI is InChI=1S/C19H19N3O2/c1-24-18-9-17(11-21-12-18)15-4-6-16(7-5-15)19(23)22-8-2-3-14(10-20)13-22/h4-7,9,11-12,14H,2-3,8,13H2,1H3/t14-/m1/s1. The molecule has 0 bridgehead atoms. The van der Waals surface area contributed by atoms with Crippen molar-refractivity contribution in [1.29, 1.82) is 5.26 Å². The fraction of sp³-hybridized carbons (Fsp3) is 0.316. The first-order chi connectivity index (χ1) is 11.7. The van der Waals surface area contributed by atoms with Crippen molar-refractivity contribution in [3.05, 3.63) is 48.3 Å². The molecule has 1 fully saturated rings. The van der Waals surface area contributed by atoms with Gasteiger partial charge in [-0.1, -0.05) is 12.1 Å². The number of carbonyl (C=O) groups excluding carboxylic acids is 1. The third-order valence-electron chi connectivity index (χ3n) is 4.31. The lowest BCUT2D eigenvalue weighted by atomic mass is 9.98. The number of benzene rings is 1. The van der Waals surface area contributed by atoms with Gasteiger partial charge in [-0.05, 0) is 36.6 Å². The fourth-order valence-electron chi connectivity index (χ4n) is 2.94.